The molecule has 1 aliphatic heterocycles. The molecule has 0 radical (unpaired) electrons. The van der Waals surface area contributed by atoms with E-state index in [1.807, 2.05) is 0 Å². The minimum Gasteiger partial charge on any atom is -0.383 e. The van der Waals surface area contributed by atoms with Crippen LogP contribution in [0, 0.1) is 25.7 Å². The molecule has 0 aromatic carbocycles. The second-order valence-corrected chi connectivity index (χ2v) is 7.23. The van der Waals surface area contributed by atoms with E-state index in [0.717, 1.165) is 19.6 Å². The summed E-state index contributed by atoms with van der Waals surface area (Å²) in [4.78, 5) is 33.8. The van der Waals surface area contributed by atoms with Gasteiger partial charge >= 0.3 is 0 Å². The average Bonchev–Trinajstić information content (AvgIpc) is 2.91. The molecule has 0 bridgehead atoms. The lowest BCUT2D eigenvalue weighted by atomic mass is 9.91. The van der Waals surface area contributed by atoms with Crippen LogP contribution < -0.4 is 10.9 Å². The van der Waals surface area contributed by atoms with E-state index < -0.39 is 0 Å². The molecule has 0 spiro atoms. The van der Waals surface area contributed by atoms with Crippen LogP contribution in [0.15, 0.2) is 4.79 Å². The van der Waals surface area contributed by atoms with Gasteiger partial charge in [0, 0.05) is 44.0 Å². The molecule has 2 N–H and O–H groups in total. The molecule has 0 aliphatic carbocycles. The number of rotatable bonds is 7. The molecule has 2 rings (SSSR count). The van der Waals surface area contributed by atoms with Crippen molar-refractivity contribution < 1.29 is 9.53 Å². The number of H-pyrrole nitrogens is 1. The van der Waals surface area contributed by atoms with Gasteiger partial charge in [-0.25, -0.2) is 4.98 Å². The van der Waals surface area contributed by atoms with Crippen molar-refractivity contribution in [2.24, 2.45) is 11.8 Å². The fourth-order valence-corrected chi connectivity index (χ4v) is 3.52. The molecule has 0 saturated carbocycles. The summed E-state index contributed by atoms with van der Waals surface area (Å²) >= 11 is 0. The third-order valence-electron chi connectivity index (χ3n) is 4.93. The number of aromatic amines is 1. The van der Waals surface area contributed by atoms with Crippen molar-refractivity contribution in [2.45, 2.75) is 40.2 Å². The number of carbonyl (C=O) groups is 1. The number of hydrogen-bond acceptors (Lipinski definition) is 5. The Bertz CT molecular complexity index is 656. The van der Waals surface area contributed by atoms with Gasteiger partial charge in [0.15, 0.2) is 0 Å². The van der Waals surface area contributed by atoms with Gasteiger partial charge in [-0.15, -0.1) is 0 Å². The van der Waals surface area contributed by atoms with Crippen LogP contribution >= 0.6 is 0 Å². The normalized spacial score (nSPS) is 21.0. The lowest BCUT2D eigenvalue weighted by Crippen LogP contribution is -2.43. The summed E-state index contributed by atoms with van der Waals surface area (Å²) in [6.45, 7) is 11.2. The Hall–Kier alpha value is -1.73. The van der Waals surface area contributed by atoms with Crippen molar-refractivity contribution in [3.8, 4) is 0 Å². The predicted octanol–water partition coefficient (Wildman–Crippen LogP) is 0.648. The molecule has 2 heterocycles. The molecule has 7 heteroatoms. The summed E-state index contributed by atoms with van der Waals surface area (Å²) in [5.74, 6) is 1.32. The minimum atomic E-state index is -0.228. The largest absolute Gasteiger partial charge is 0.383 e. The van der Waals surface area contributed by atoms with Gasteiger partial charge < -0.3 is 15.0 Å². The fourth-order valence-electron chi connectivity index (χ4n) is 3.52. The zero-order valence-corrected chi connectivity index (χ0v) is 15.9. The maximum Gasteiger partial charge on any atom is 0.254 e. The van der Waals surface area contributed by atoms with Gasteiger partial charge in [-0.3, -0.25) is 14.5 Å². The quantitative estimate of drug-likeness (QED) is 0.754. The molecule has 1 aromatic rings. The lowest BCUT2D eigenvalue weighted by Gasteiger charge is -2.23. The van der Waals surface area contributed by atoms with Crippen LogP contribution in [0.2, 0.25) is 0 Å². The van der Waals surface area contributed by atoms with Gasteiger partial charge in [-0.1, -0.05) is 13.8 Å². The number of likely N-dealkylation sites (tertiary alicyclic amines) is 1. The molecule has 0 unspecified atom stereocenters. The van der Waals surface area contributed by atoms with E-state index in [0.29, 0.717) is 35.5 Å². The number of methoxy groups -OCH3 is 1. The summed E-state index contributed by atoms with van der Waals surface area (Å²) in [6, 6.07) is 0.0992. The molecule has 1 aliphatic rings. The Morgan fingerprint density at radius 3 is 2.72 bits per heavy atom. The summed E-state index contributed by atoms with van der Waals surface area (Å²) < 4.78 is 5.16. The molecular weight excluding hydrogens is 320 g/mol. The van der Waals surface area contributed by atoms with Gasteiger partial charge in [-0.05, 0) is 25.7 Å². The average molecular weight is 350 g/mol. The van der Waals surface area contributed by atoms with Crippen LogP contribution in [0.1, 0.15) is 30.9 Å². The molecule has 140 valence electrons. The van der Waals surface area contributed by atoms with E-state index in [9.17, 15) is 9.59 Å². The number of nitrogens with one attached hydrogen (secondary N) is 2. The first-order valence-electron chi connectivity index (χ1n) is 8.88. The van der Waals surface area contributed by atoms with Gasteiger partial charge in [0.25, 0.3) is 5.56 Å². The van der Waals surface area contributed by atoms with Crippen molar-refractivity contribution in [2.75, 3.05) is 33.4 Å². The highest BCUT2D eigenvalue weighted by Crippen LogP contribution is 2.24. The maximum absolute atomic E-state index is 12.5. The van der Waals surface area contributed by atoms with Crippen molar-refractivity contribution in [3.05, 3.63) is 27.4 Å². The van der Waals surface area contributed by atoms with Crippen LogP contribution in [-0.4, -0.2) is 60.2 Å². The number of aryl methyl sites for hydroxylation is 2. The Morgan fingerprint density at radius 2 is 2.12 bits per heavy atom. The maximum atomic E-state index is 12.5. The van der Waals surface area contributed by atoms with E-state index in [1.165, 1.54) is 0 Å². The van der Waals surface area contributed by atoms with Gasteiger partial charge in [0.2, 0.25) is 5.91 Å². The Kier molecular flexibility index (Phi) is 6.72. The van der Waals surface area contributed by atoms with E-state index in [-0.39, 0.29) is 23.9 Å². The number of aromatic nitrogens is 2. The minimum absolute atomic E-state index is 0.0633. The molecule has 1 saturated heterocycles. The summed E-state index contributed by atoms with van der Waals surface area (Å²) in [5.41, 5.74) is 0.831. The third kappa shape index (κ3) is 5.12. The van der Waals surface area contributed by atoms with Crippen LogP contribution in [0.4, 0.5) is 0 Å². The van der Waals surface area contributed by atoms with Crippen LogP contribution in [0.25, 0.3) is 0 Å². The smallest absolute Gasteiger partial charge is 0.254 e. The van der Waals surface area contributed by atoms with Crippen molar-refractivity contribution >= 4 is 5.91 Å². The number of ether oxygens (including phenoxy) is 1. The number of amides is 1. The highest BCUT2D eigenvalue weighted by Gasteiger charge is 2.35. The fraction of sp³-hybridized carbons (Fsp3) is 0.722. The monoisotopic (exact) mass is 350 g/mol. The van der Waals surface area contributed by atoms with Gasteiger partial charge in [0.05, 0.1) is 13.0 Å². The molecule has 1 aromatic heterocycles. The SMILES string of the molecule is COCCN1C[C@@H](NC(=O)Cc2c(C)nc(C)[nH]c2=O)[C@H](C(C)C)C1. The Balaban J connectivity index is 2.02. The second kappa shape index (κ2) is 8.58. The van der Waals surface area contributed by atoms with Crippen LogP contribution in [0.5, 0.6) is 0 Å². The predicted molar refractivity (Wildman–Crippen MR) is 96.6 cm³/mol. The van der Waals surface area contributed by atoms with Crippen LogP contribution in [0.3, 0.4) is 0 Å². The van der Waals surface area contributed by atoms with E-state index in [1.54, 1.807) is 21.0 Å². The molecular formula is C18H30N4O3. The zero-order chi connectivity index (χ0) is 18.6. The Morgan fingerprint density at radius 1 is 1.40 bits per heavy atom. The third-order valence-corrected chi connectivity index (χ3v) is 4.93. The van der Waals surface area contributed by atoms with Gasteiger partial charge in [-0.2, -0.15) is 0 Å². The standard InChI is InChI=1S/C18H30N4O3/c1-11(2)15-9-22(6-7-25-5)10-16(15)21-17(23)8-14-12(3)19-13(4)20-18(14)24/h11,15-16H,6-10H2,1-5H3,(H,21,23)(H,19,20,24)/t15-,16+/m0/s1. The topological polar surface area (TPSA) is 87.3 Å². The summed E-state index contributed by atoms with van der Waals surface area (Å²) in [6.07, 6.45) is 0.0633. The number of carbonyl (C=O) groups excluding carboxylic acids is 1. The van der Waals surface area contributed by atoms with Crippen molar-refractivity contribution in [1.82, 2.24) is 20.2 Å². The number of nitrogens with zero attached hydrogens (tertiary/aromatic N) is 2. The van der Waals surface area contributed by atoms with Crippen molar-refractivity contribution in [3.63, 3.8) is 0 Å². The first-order valence-corrected chi connectivity index (χ1v) is 8.88. The van der Waals surface area contributed by atoms with E-state index in [2.05, 4.69) is 34.0 Å². The first kappa shape index (κ1) is 19.6. The zero-order valence-electron chi connectivity index (χ0n) is 15.9. The van der Waals surface area contributed by atoms with E-state index in [4.69, 9.17) is 4.74 Å². The van der Waals surface area contributed by atoms with E-state index >= 15 is 0 Å². The molecule has 2 atom stereocenters. The second-order valence-electron chi connectivity index (χ2n) is 7.23. The van der Waals surface area contributed by atoms with Crippen LogP contribution in [-0.2, 0) is 16.0 Å². The Labute approximate surface area is 149 Å². The summed E-state index contributed by atoms with van der Waals surface area (Å²) in [5, 5.41) is 3.13. The highest BCUT2D eigenvalue weighted by atomic mass is 16.5. The highest BCUT2D eigenvalue weighted by molar-refractivity contribution is 5.79. The molecule has 1 amide bonds. The number of hydrogen-bond donors (Lipinski definition) is 2. The summed E-state index contributed by atoms with van der Waals surface area (Å²) in [7, 11) is 1.70. The molecule has 7 nitrogen and oxygen atoms in total. The first-order chi connectivity index (χ1) is 11.8. The lowest BCUT2D eigenvalue weighted by molar-refractivity contribution is -0.121. The molecule has 25 heavy (non-hydrogen) atoms. The molecule has 1 fully saturated rings. The van der Waals surface area contributed by atoms with Crippen molar-refractivity contribution in [1.29, 1.82) is 0 Å². The van der Waals surface area contributed by atoms with Gasteiger partial charge in [0.1, 0.15) is 5.82 Å².